The van der Waals surface area contributed by atoms with Crippen molar-refractivity contribution in [3.05, 3.63) is 53.5 Å². The van der Waals surface area contributed by atoms with Crippen LogP contribution >= 0.6 is 11.8 Å². The van der Waals surface area contributed by atoms with Crippen LogP contribution in [0.4, 0.5) is 0 Å². The van der Waals surface area contributed by atoms with Gasteiger partial charge in [-0.25, -0.2) is 0 Å². The number of hydrogen-bond donors (Lipinski definition) is 4. The van der Waals surface area contributed by atoms with Crippen LogP contribution in [0.3, 0.4) is 0 Å². The minimum atomic E-state index is -0.343. The topological polar surface area (TPSA) is 140 Å². The second-order valence-electron chi connectivity index (χ2n) is 6.67. The molecular weight excluding hydrogens is 474 g/mol. The molecule has 0 aromatic heterocycles. The summed E-state index contributed by atoms with van der Waals surface area (Å²) in [5.41, 5.74) is 12.4. The first kappa shape index (κ1) is 43.7. The second kappa shape index (κ2) is 37.2. The molecule has 0 bridgehead atoms. The predicted molar refractivity (Wildman–Crippen MR) is 161 cm³/mol. The van der Waals surface area contributed by atoms with Gasteiger partial charge in [-0.1, -0.05) is 71.0 Å². The number of hydrogen-bond acceptors (Lipinski definition) is 7. The van der Waals surface area contributed by atoms with Crippen molar-refractivity contribution in [2.24, 2.45) is 22.6 Å². The lowest BCUT2D eigenvalue weighted by Gasteiger charge is -2.12. The summed E-state index contributed by atoms with van der Waals surface area (Å²) in [4.78, 5) is 31.8. The van der Waals surface area contributed by atoms with E-state index in [0.717, 1.165) is 19.3 Å². The molecule has 0 aromatic carbocycles. The summed E-state index contributed by atoms with van der Waals surface area (Å²) in [6.45, 7) is 26.8. The number of thioether (sulfide) groups is 1. The Balaban J connectivity index is -0.000000155. The van der Waals surface area contributed by atoms with Crippen LogP contribution in [-0.2, 0) is 9.59 Å². The molecule has 0 saturated heterocycles. The second-order valence-corrected chi connectivity index (χ2v) is 7.75. The van der Waals surface area contributed by atoms with Crippen LogP contribution in [0.1, 0.15) is 81.1 Å². The van der Waals surface area contributed by atoms with Crippen molar-refractivity contribution in [1.82, 2.24) is 10.6 Å². The summed E-state index contributed by atoms with van der Waals surface area (Å²) in [5, 5.41) is 10.6. The van der Waals surface area contributed by atoms with E-state index < -0.39 is 0 Å². The van der Waals surface area contributed by atoms with Crippen LogP contribution in [-0.4, -0.2) is 36.8 Å². The fraction of sp³-hybridized carbons (Fsp3) is 0.630. The molecule has 2 atom stereocenters. The molecule has 8 nitrogen and oxygen atoms in total. The average molecular weight is 530 g/mol. The van der Waals surface area contributed by atoms with Crippen molar-refractivity contribution in [2.75, 3.05) is 19.6 Å². The third-order valence-electron chi connectivity index (χ3n) is 4.02. The molecule has 1 rings (SSSR count). The first-order valence-electron chi connectivity index (χ1n) is 12.7. The quantitative estimate of drug-likeness (QED) is 0.147. The van der Waals surface area contributed by atoms with Crippen LogP contribution in [0.15, 0.2) is 53.7 Å². The van der Waals surface area contributed by atoms with Gasteiger partial charge in [0.05, 0.1) is 11.9 Å². The third-order valence-corrected chi connectivity index (χ3v) is 5.08. The Labute approximate surface area is 225 Å². The van der Waals surface area contributed by atoms with E-state index in [-0.39, 0.29) is 23.1 Å². The van der Waals surface area contributed by atoms with Crippen molar-refractivity contribution in [3.8, 4) is 0 Å². The Morgan fingerprint density at radius 1 is 1.28 bits per heavy atom. The van der Waals surface area contributed by atoms with Gasteiger partial charge in [0, 0.05) is 17.9 Å². The number of allylic oxidation sites excluding steroid dienone is 3. The maximum Gasteiger partial charge on any atom is 0.267 e. The summed E-state index contributed by atoms with van der Waals surface area (Å²) in [6.07, 6.45) is 7.14. The van der Waals surface area contributed by atoms with E-state index in [1.165, 1.54) is 5.57 Å². The van der Waals surface area contributed by atoms with Gasteiger partial charge in [-0.05, 0) is 46.1 Å². The maximum absolute atomic E-state index is 11.8. The molecule has 212 valence electrons. The first-order chi connectivity index (χ1) is 17.3. The molecule has 1 aliphatic heterocycles. The van der Waals surface area contributed by atoms with Crippen LogP contribution in [0.5, 0.6) is 0 Å². The molecule has 0 radical (unpaired) electrons. The minimum Gasteiger partial charge on any atom is -0.369 e. The summed E-state index contributed by atoms with van der Waals surface area (Å²) in [5.74, 6) is -0.707. The summed E-state index contributed by atoms with van der Waals surface area (Å²) in [6, 6.07) is 0. The molecule has 36 heavy (non-hydrogen) atoms. The van der Waals surface area contributed by atoms with Crippen molar-refractivity contribution < 1.29 is 9.59 Å². The molecule has 6 N–H and O–H groups in total. The molecule has 2 amide bonds. The highest BCUT2D eigenvalue weighted by molar-refractivity contribution is 8.03. The standard InChI is InChI=1S/C12H22N4O2S.C6H10.C3H7NO.2C2H6.C2H4/c1-8(11(14)17)4-6-15-12(18)9-7-19-10(16-9)3-2-5-13;1-4-6(3)5-2;1-2-3-4-5;3*1-2/h7-8,10,16H,2-6,13H2,1H3,(H2,14,17)(H,15,18);4-5H,1H2,2-3H3;2-3H2,1H3;2*1-2H3;1-2H2/b;6-5-;;;;. The number of carbonyl (C=O) groups excluding carboxylic acids is 2. The Kier molecular flexibility index (Phi) is 45.1. The van der Waals surface area contributed by atoms with E-state index in [2.05, 4.69) is 35.5 Å². The first-order valence-corrected chi connectivity index (χ1v) is 13.7. The highest BCUT2D eigenvalue weighted by Gasteiger charge is 2.21. The van der Waals surface area contributed by atoms with Gasteiger partial charge >= 0.3 is 0 Å². The van der Waals surface area contributed by atoms with E-state index in [4.69, 9.17) is 16.4 Å². The van der Waals surface area contributed by atoms with Gasteiger partial charge in [0.15, 0.2) is 0 Å². The zero-order valence-corrected chi connectivity index (χ0v) is 25.0. The van der Waals surface area contributed by atoms with Gasteiger partial charge in [0.1, 0.15) is 5.70 Å². The lowest BCUT2D eigenvalue weighted by Crippen LogP contribution is -2.34. The molecular formula is C27H55N5O3S. The van der Waals surface area contributed by atoms with Crippen molar-refractivity contribution in [3.63, 3.8) is 0 Å². The van der Waals surface area contributed by atoms with E-state index in [9.17, 15) is 9.59 Å². The molecule has 0 spiro atoms. The summed E-state index contributed by atoms with van der Waals surface area (Å²) >= 11 is 1.60. The van der Waals surface area contributed by atoms with Crippen LogP contribution in [0, 0.1) is 10.8 Å². The SMILES string of the molecule is C=C.C=C/C(C)=C\C.CC.CC.CC(CCNC(=O)C1=CSC(CCCN)N1)C(N)=O.CCCN=O. The number of carbonyl (C=O) groups is 2. The number of nitrogens with zero attached hydrogens (tertiary/aromatic N) is 1. The van der Waals surface area contributed by atoms with Gasteiger partial charge in [-0.2, -0.15) is 4.91 Å². The van der Waals surface area contributed by atoms with Crippen LogP contribution < -0.4 is 22.1 Å². The number of rotatable bonds is 11. The van der Waals surface area contributed by atoms with Gasteiger partial charge in [0.2, 0.25) is 5.91 Å². The van der Waals surface area contributed by atoms with Crippen molar-refractivity contribution in [2.45, 2.75) is 86.4 Å². The number of nitroso groups, excluding NO2 is 1. The van der Waals surface area contributed by atoms with Gasteiger partial charge in [-0.15, -0.1) is 24.9 Å². The smallest absolute Gasteiger partial charge is 0.267 e. The molecule has 0 aliphatic carbocycles. The Bertz CT molecular complexity index is 596. The molecule has 0 fully saturated rings. The number of amides is 2. The Hall–Kier alpha value is -2.39. The van der Waals surface area contributed by atoms with E-state index in [1.54, 1.807) is 18.7 Å². The van der Waals surface area contributed by atoms with Crippen molar-refractivity contribution >= 4 is 23.6 Å². The lowest BCUT2D eigenvalue weighted by atomic mass is 10.1. The molecule has 9 heteroatoms. The minimum absolute atomic E-state index is 0.139. The molecule has 1 aliphatic rings. The zero-order valence-electron chi connectivity index (χ0n) is 24.2. The van der Waals surface area contributed by atoms with Crippen LogP contribution in [0.2, 0.25) is 0 Å². The van der Waals surface area contributed by atoms with Gasteiger partial charge in [0.25, 0.3) is 5.91 Å². The fourth-order valence-electron chi connectivity index (χ4n) is 1.80. The van der Waals surface area contributed by atoms with Crippen LogP contribution in [0.25, 0.3) is 0 Å². The largest absolute Gasteiger partial charge is 0.369 e. The molecule has 0 saturated carbocycles. The fourth-order valence-corrected chi connectivity index (χ4v) is 2.78. The molecule has 0 aromatic rings. The highest BCUT2D eigenvalue weighted by atomic mass is 32.2. The summed E-state index contributed by atoms with van der Waals surface area (Å²) < 4.78 is 0. The normalized spacial score (nSPS) is 13.6. The van der Waals surface area contributed by atoms with Crippen molar-refractivity contribution in [1.29, 1.82) is 0 Å². The number of nitrogens with one attached hydrogen (secondary N) is 2. The predicted octanol–water partition coefficient (Wildman–Crippen LogP) is 6.01. The Morgan fingerprint density at radius 3 is 2.17 bits per heavy atom. The number of nitrogens with two attached hydrogens (primary N) is 2. The highest BCUT2D eigenvalue weighted by Crippen LogP contribution is 2.23. The Morgan fingerprint density at radius 2 is 1.83 bits per heavy atom. The number of primary amides is 1. The summed E-state index contributed by atoms with van der Waals surface area (Å²) in [7, 11) is 0. The third kappa shape index (κ3) is 31.6. The lowest BCUT2D eigenvalue weighted by molar-refractivity contribution is -0.122. The van der Waals surface area contributed by atoms with E-state index >= 15 is 0 Å². The molecule has 2 unspecified atom stereocenters. The monoisotopic (exact) mass is 529 g/mol. The maximum atomic E-state index is 11.8. The van der Waals surface area contributed by atoms with Gasteiger partial charge in [-0.3, -0.25) is 9.59 Å². The van der Waals surface area contributed by atoms with E-state index in [1.807, 2.05) is 66.0 Å². The molecule has 1 heterocycles. The average Bonchev–Trinajstić information content (AvgIpc) is 3.40. The van der Waals surface area contributed by atoms with Gasteiger partial charge < -0.3 is 22.1 Å². The van der Waals surface area contributed by atoms with E-state index in [0.29, 0.717) is 31.8 Å². The zero-order chi connectivity index (χ0) is 29.4.